The van der Waals surface area contributed by atoms with Gasteiger partial charge in [-0.05, 0) is 41.7 Å². The van der Waals surface area contributed by atoms with Gasteiger partial charge in [0, 0.05) is 13.1 Å². The van der Waals surface area contributed by atoms with Gasteiger partial charge in [0.05, 0.1) is 13.2 Å². The molecule has 130 valence electrons. The maximum atomic E-state index is 5.75. The van der Waals surface area contributed by atoms with E-state index < -0.39 is 0 Å². The molecule has 0 aromatic heterocycles. The van der Waals surface area contributed by atoms with Gasteiger partial charge in [-0.1, -0.05) is 50.2 Å². The molecule has 0 fully saturated rings. The van der Waals surface area contributed by atoms with E-state index in [0.717, 1.165) is 18.8 Å². The van der Waals surface area contributed by atoms with Crippen LogP contribution < -0.4 is 10.1 Å². The molecule has 0 saturated carbocycles. The molecule has 2 aromatic carbocycles. The summed E-state index contributed by atoms with van der Waals surface area (Å²) in [4.78, 5) is 0. The molecule has 0 amide bonds. The van der Waals surface area contributed by atoms with Crippen LogP contribution in [0, 0.1) is 6.92 Å². The normalized spacial score (nSPS) is 11.0. The standard InChI is InChI=1S/C21H29NO2/c1-17(2)21-10-9-20(15-18(21)3)24-14-13-23-12-11-22-16-19-7-5-4-6-8-19/h4-10,15,17,22H,11-14,16H2,1-3H3. The molecule has 0 spiro atoms. The Hall–Kier alpha value is -1.84. The lowest BCUT2D eigenvalue weighted by molar-refractivity contribution is 0.102. The largest absolute Gasteiger partial charge is 0.491 e. The van der Waals surface area contributed by atoms with Crippen molar-refractivity contribution in [3.8, 4) is 5.75 Å². The van der Waals surface area contributed by atoms with Crippen LogP contribution in [0.5, 0.6) is 5.75 Å². The summed E-state index contributed by atoms with van der Waals surface area (Å²) in [7, 11) is 0. The van der Waals surface area contributed by atoms with E-state index >= 15 is 0 Å². The fourth-order valence-electron chi connectivity index (χ4n) is 2.68. The maximum absolute atomic E-state index is 5.75. The minimum absolute atomic E-state index is 0.547. The van der Waals surface area contributed by atoms with Crippen LogP contribution in [-0.2, 0) is 11.3 Å². The summed E-state index contributed by atoms with van der Waals surface area (Å²) < 4.78 is 11.4. The molecule has 0 aliphatic rings. The van der Waals surface area contributed by atoms with Gasteiger partial charge in [-0.25, -0.2) is 0 Å². The topological polar surface area (TPSA) is 30.5 Å². The third-order valence-electron chi connectivity index (χ3n) is 3.95. The van der Waals surface area contributed by atoms with Gasteiger partial charge in [-0.3, -0.25) is 0 Å². The van der Waals surface area contributed by atoms with Gasteiger partial charge < -0.3 is 14.8 Å². The van der Waals surface area contributed by atoms with E-state index in [4.69, 9.17) is 9.47 Å². The van der Waals surface area contributed by atoms with Crippen molar-refractivity contribution in [2.24, 2.45) is 0 Å². The Labute approximate surface area is 146 Å². The van der Waals surface area contributed by atoms with Gasteiger partial charge in [0.25, 0.3) is 0 Å². The fourth-order valence-corrected chi connectivity index (χ4v) is 2.68. The Morgan fingerprint density at radius 1 is 0.958 bits per heavy atom. The van der Waals surface area contributed by atoms with E-state index in [1.807, 2.05) is 12.1 Å². The number of hydrogen-bond acceptors (Lipinski definition) is 3. The molecule has 0 heterocycles. The van der Waals surface area contributed by atoms with Crippen LogP contribution in [0.2, 0.25) is 0 Å². The van der Waals surface area contributed by atoms with Crippen molar-refractivity contribution in [3.63, 3.8) is 0 Å². The molecule has 0 saturated heterocycles. The first-order valence-electron chi connectivity index (χ1n) is 8.72. The minimum Gasteiger partial charge on any atom is -0.491 e. The number of benzene rings is 2. The molecule has 0 bridgehead atoms. The zero-order chi connectivity index (χ0) is 17.2. The number of aryl methyl sites for hydroxylation is 1. The molecule has 0 atom stereocenters. The molecule has 0 aliphatic heterocycles. The van der Waals surface area contributed by atoms with Gasteiger partial charge >= 0.3 is 0 Å². The highest BCUT2D eigenvalue weighted by molar-refractivity contribution is 5.36. The van der Waals surface area contributed by atoms with Gasteiger partial charge in [0.15, 0.2) is 0 Å². The van der Waals surface area contributed by atoms with Gasteiger partial charge in [-0.15, -0.1) is 0 Å². The van der Waals surface area contributed by atoms with Crippen molar-refractivity contribution in [3.05, 3.63) is 65.2 Å². The minimum atomic E-state index is 0.547. The lowest BCUT2D eigenvalue weighted by Gasteiger charge is -2.12. The Morgan fingerprint density at radius 3 is 2.46 bits per heavy atom. The number of rotatable bonds is 10. The average molecular weight is 327 g/mol. The van der Waals surface area contributed by atoms with Crippen molar-refractivity contribution in [1.82, 2.24) is 5.32 Å². The van der Waals surface area contributed by atoms with Crippen LogP contribution in [0.1, 0.15) is 36.5 Å². The van der Waals surface area contributed by atoms with E-state index in [1.165, 1.54) is 16.7 Å². The summed E-state index contributed by atoms with van der Waals surface area (Å²) in [5, 5.41) is 3.37. The van der Waals surface area contributed by atoms with Crippen LogP contribution >= 0.6 is 0 Å². The van der Waals surface area contributed by atoms with E-state index in [1.54, 1.807) is 0 Å². The molecule has 0 unspecified atom stereocenters. The second-order valence-electron chi connectivity index (χ2n) is 6.30. The number of nitrogens with one attached hydrogen (secondary N) is 1. The lowest BCUT2D eigenvalue weighted by Crippen LogP contribution is -2.20. The molecule has 0 radical (unpaired) electrons. The summed E-state index contributed by atoms with van der Waals surface area (Å²) >= 11 is 0. The fraction of sp³-hybridized carbons (Fsp3) is 0.429. The van der Waals surface area contributed by atoms with Crippen molar-refractivity contribution in [2.45, 2.75) is 33.2 Å². The molecule has 0 aliphatic carbocycles. The molecule has 2 rings (SSSR count). The molecular formula is C21H29NO2. The summed E-state index contributed by atoms with van der Waals surface area (Å²) in [6, 6.07) is 16.7. The van der Waals surface area contributed by atoms with Crippen LogP contribution in [0.4, 0.5) is 0 Å². The van der Waals surface area contributed by atoms with Gasteiger partial charge in [0.1, 0.15) is 12.4 Å². The zero-order valence-electron chi connectivity index (χ0n) is 15.0. The van der Waals surface area contributed by atoms with Gasteiger partial charge in [-0.2, -0.15) is 0 Å². The molecule has 3 nitrogen and oxygen atoms in total. The number of ether oxygens (including phenoxy) is 2. The SMILES string of the molecule is Cc1cc(OCCOCCNCc2ccccc2)ccc1C(C)C. The second kappa shape index (κ2) is 10.1. The average Bonchev–Trinajstić information content (AvgIpc) is 2.58. The predicted molar refractivity (Wildman–Crippen MR) is 99.7 cm³/mol. The molecule has 3 heteroatoms. The van der Waals surface area contributed by atoms with Crippen LogP contribution in [0.15, 0.2) is 48.5 Å². The smallest absolute Gasteiger partial charge is 0.119 e. The highest BCUT2D eigenvalue weighted by Gasteiger charge is 2.04. The van der Waals surface area contributed by atoms with Crippen molar-refractivity contribution < 1.29 is 9.47 Å². The third-order valence-corrected chi connectivity index (χ3v) is 3.95. The first-order chi connectivity index (χ1) is 11.7. The molecule has 1 N–H and O–H groups in total. The van der Waals surface area contributed by atoms with Crippen LogP contribution in [-0.4, -0.2) is 26.4 Å². The van der Waals surface area contributed by atoms with Crippen LogP contribution in [0.25, 0.3) is 0 Å². The van der Waals surface area contributed by atoms with Crippen LogP contribution in [0.3, 0.4) is 0 Å². The first kappa shape index (κ1) is 18.5. The van der Waals surface area contributed by atoms with Crippen molar-refractivity contribution in [2.75, 3.05) is 26.4 Å². The van der Waals surface area contributed by atoms with E-state index in [9.17, 15) is 0 Å². The Kier molecular flexibility index (Phi) is 7.80. The molecule has 24 heavy (non-hydrogen) atoms. The Balaban J connectivity index is 1.54. The Morgan fingerprint density at radius 2 is 1.75 bits per heavy atom. The van der Waals surface area contributed by atoms with E-state index in [2.05, 4.69) is 62.5 Å². The summed E-state index contributed by atoms with van der Waals surface area (Å²) in [5.41, 5.74) is 3.96. The predicted octanol–water partition coefficient (Wildman–Crippen LogP) is 4.30. The highest BCUT2D eigenvalue weighted by atomic mass is 16.5. The lowest BCUT2D eigenvalue weighted by atomic mass is 9.98. The summed E-state index contributed by atoms with van der Waals surface area (Å²) in [6.45, 7) is 10.2. The summed E-state index contributed by atoms with van der Waals surface area (Å²) in [6.07, 6.45) is 0. The quantitative estimate of drug-likeness (QED) is 0.660. The van der Waals surface area contributed by atoms with E-state index in [0.29, 0.717) is 25.7 Å². The second-order valence-corrected chi connectivity index (χ2v) is 6.30. The Bertz CT molecular complexity index is 596. The van der Waals surface area contributed by atoms with Crippen molar-refractivity contribution >= 4 is 0 Å². The van der Waals surface area contributed by atoms with Crippen molar-refractivity contribution in [1.29, 1.82) is 0 Å². The molecular weight excluding hydrogens is 298 g/mol. The molecule has 2 aromatic rings. The maximum Gasteiger partial charge on any atom is 0.119 e. The van der Waals surface area contributed by atoms with Gasteiger partial charge in [0.2, 0.25) is 0 Å². The third kappa shape index (κ3) is 6.34. The first-order valence-corrected chi connectivity index (χ1v) is 8.72. The highest BCUT2D eigenvalue weighted by Crippen LogP contribution is 2.23. The number of hydrogen-bond donors (Lipinski definition) is 1. The summed E-state index contributed by atoms with van der Waals surface area (Å²) in [5.74, 6) is 1.47. The zero-order valence-corrected chi connectivity index (χ0v) is 15.0. The monoisotopic (exact) mass is 327 g/mol. The van der Waals surface area contributed by atoms with E-state index in [-0.39, 0.29) is 0 Å².